The number of phenolic OH excluding ortho intramolecular Hbond substituents is 2. The zero-order valence-electron chi connectivity index (χ0n) is 10.7. The first-order valence-corrected chi connectivity index (χ1v) is 5.71. The molecule has 0 unspecified atom stereocenters. The SMILES string of the molecule is NCCCC(=O)O.O=C(O)/C=C/c1ccc(O)c(O)c1. The molecule has 0 radical (unpaired) electrons. The molecule has 0 saturated carbocycles. The molecule has 1 aromatic carbocycles. The lowest BCUT2D eigenvalue weighted by Gasteiger charge is -1.97. The summed E-state index contributed by atoms with van der Waals surface area (Å²) < 4.78 is 0. The first-order chi connectivity index (χ1) is 9.36. The van der Waals surface area contributed by atoms with E-state index >= 15 is 0 Å². The smallest absolute Gasteiger partial charge is 0.328 e. The minimum atomic E-state index is -1.06. The highest BCUT2D eigenvalue weighted by atomic mass is 16.4. The summed E-state index contributed by atoms with van der Waals surface area (Å²) in [6, 6.07) is 4.06. The Morgan fingerprint density at radius 1 is 1.15 bits per heavy atom. The minimum absolute atomic E-state index is 0.191. The summed E-state index contributed by atoms with van der Waals surface area (Å²) in [5.41, 5.74) is 5.53. The molecule has 1 aromatic rings. The second-order valence-corrected chi connectivity index (χ2v) is 3.71. The van der Waals surface area contributed by atoms with Gasteiger partial charge in [0.2, 0.25) is 0 Å². The van der Waals surface area contributed by atoms with E-state index in [1.165, 1.54) is 24.3 Å². The van der Waals surface area contributed by atoms with Crippen LogP contribution in [0, 0.1) is 0 Å². The van der Waals surface area contributed by atoms with E-state index in [1.807, 2.05) is 0 Å². The summed E-state index contributed by atoms with van der Waals surface area (Å²) in [4.78, 5) is 19.8. The predicted molar refractivity (Wildman–Crippen MR) is 72.4 cm³/mol. The lowest BCUT2D eigenvalue weighted by Crippen LogP contribution is -2.02. The van der Waals surface area contributed by atoms with Crippen molar-refractivity contribution in [3.63, 3.8) is 0 Å². The standard InChI is InChI=1S/C9H8O4.C4H9NO2/c10-7-3-1-6(5-8(7)11)2-4-9(12)13;5-3-1-2-4(6)7/h1-5,10-11H,(H,12,13);1-3,5H2,(H,6,7)/b4-2+;. The van der Waals surface area contributed by atoms with Gasteiger partial charge in [-0.2, -0.15) is 0 Å². The summed E-state index contributed by atoms with van der Waals surface area (Å²) in [7, 11) is 0. The van der Waals surface area contributed by atoms with E-state index < -0.39 is 11.9 Å². The molecule has 7 heteroatoms. The molecule has 0 spiro atoms. The van der Waals surface area contributed by atoms with Gasteiger partial charge in [-0.3, -0.25) is 4.79 Å². The minimum Gasteiger partial charge on any atom is -0.504 e. The van der Waals surface area contributed by atoms with E-state index in [1.54, 1.807) is 0 Å². The molecule has 0 aliphatic carbocycles. The molecule has 0 aliphatic rings. The Kier molecular flexibility index (Phi) is 8.20. The highest BCUT2D eigenvalue weighted by Crippen LogP contribution is 2.25. The molecule has 0 atom stereocenters. The molecule has 110 valence electrons. The van der Waals surface area contributed by atoms with Gasteiger partial charge in [0.1, 0.15) is 0 Å². The van der Waals surface area contributed by atoms with Crippen LogP contribution in [0.25, 0.3) is 6.08 Å². The lowest BCUT2D eigenvalue weighted by molar-refractivity contribution is -0.137. The van der Waals surface area contributed by atoms with E-state index in [9.17, 15) is 9.59 Å². The second kappa shape index (κ2) is 9.40. The third kappa shape index (κ3) is 8.54. The molecule has 0 aromatic heterocycles. The number of carboxylic acid groups (broad SMARTS) is 2. The summed E-state index contributed by atoms with van der Waals surface area (Å²) in [5, 5.41) is 34.3. The number of rotatable bonds is 5. The Morgan fingerprint density at radius 3 is 2.20 bits per heavy atom. The van der Waals surface area contributed by atoms with Crippen LogP contribution in [0.4, 0.5) is 0 Å². The van der Waals surface area contributed by atoms with Crippen LogP contribution >= 0.6 is 0 Å². The molecule has 0 fully saturated rings. The monoisotopic (exact) mass is 283 g/mol. The Labute approximate surface area is 115 Å². The fourth-order valence-corrected chi connectivity index (χ4v) is 1.06. The summed E-state index contributed by atoms with van der Waals surface area (Å²) >= 11 is 0. The van der Waals surface area contributed by atoms with Crippen molar-refractivity contribution in [3.05, 3.63) is 29.8 Å². The largest absolute Gasteiger partial charge is 0.504 e. The number of hydrogen-bond donors (Lipinski definition) is 5. The highest BCUT2D eigenvalue weighted by Gasteiger charge is 1.97. The van der Waals surface area contributed by atoms with Crippen LogP contribution in [0.3, 0.4) is 0 Å². The van der Waals surface area contributed by atoms with Crippen LogP contribution in [0.1, 0.15) is 18.4 Å². The number of carbonyl (C=O) groups is 2. The van der Waals surface area contributed by atoms with Crippen LogP contribution < -0.4 is 5.73 Å². The van der Waals surface area contributed by atoms with Gasteiger partial charge in [0.25, 0.3) is 0 Å². The fraction of sp³-hybridized carbons (Fsp3) is 0.231. The van der Waals surface area contributed by atoms with Crippen molar-refractivity contribution in [3.8, 4) is 11.5 Å². The van der Waals surface area contributed by atoms with Gasteiger partial charge in [-0.15, -0.1) is 0 Å². The van der Waals surface area contributed by atoms with Crippen molar-refractivity contribution in [2.45, 2.75) is 12.8 Å². The van der Waals surface area contributed by atoms with E-state index in [2.05, 4.69) is 0 Å². The normalized spacial score (nSPS) is 9.85. The quantitative estimate of drug-likeness (QED) is 0.401. The maximum atomic E-state index is 10.1. The summed E-state index contributed by atoms with van der Waals surface area (Å²) in [6.45, 7) is 0.465. The van der Waals surface area contributed by atoms with Gasteiger partial charge >= 0.3 is 11.9 Å². The van der Waals surface area contributed by atoms with Gasteiger partial charge in [0, 0.05) is 12.5 Å². The van der Waals surface area contributed by atoms with Crippen molar-refractivity contribution in [2.75, 3.05) is 6.54 Å². The number of aliphatic carboxylic acids is 2. The maximum Gasteiger partial charge on any atom is 0.328 e. The third-order valence-corrected chi connectivity index (χ3v) is 2.01. The molecule has 0 saturated heterocycles. The van der Waals surface area contributed by atoms with Gasteiger partial charge in [0.15, 0.2) is 11.5 Å². The number of aromatic hydroxyl groups is 2. The average molecular weight is 283 g/mol. The van der Waals surface area contributed by atoms with Crippen LogP contribution in [-0.4, -0.2) is 38.9 Å². The van der Waals surface area contributed by atoms with E-state index in [4.69, 9.17) is 26.2 Å². The Hall–Kier alpha value is -2.54. The first-order valence-electron chi connectivity index (χ1n) is 5.71. The van der Waals surface area contributed by atoms with Gasteiger partial charge in [-0.25, -0.2) is 4.79 Å². The number of nitrogens with two attached hydrogens (primary N) is 1. The van der Waals surface area contributed by atoms with E-state index in [0.717, 1.165) is 6.08 Å². The van der Waals surface area contributed by atoms with Crippen LogP contribution in [0.2, 0.25) is 0 Å². The summed E-state index contributed by atoms with van der Waals surface area (Å²) in [5.74, 6) is -2.34. The molecule has 6 N–H and O–H groups in total. The molecule has 20 heavy (non-hydrogen) atoms. The topological polar surface area (TPSA) is 141 Å². The van der Waals surface area contributed by atoms with Gasteiger partial charge in [-0.05, 0) is 36.7 Å². The van der Waals surface area contributed by atoms with Gasteiger partial charge < -0.3 is 26.2 Å². The van der Waals surface area contributed by atoms with Crippen molar-refractivity contribution in [1.82, 2.24) is 0 Å². The zero-order chi connectivity index (χ0) is 15.5. The van der Waals surface area contributed by atoms with Crippen molar-refractivity contribution >= 4 is 18.0 Å². The average Bonchev–Trinajstić information content (AvgIpc) is 2.38. The maximum absolute atomic E-state index is 10.1. The third-order valence-electron chi connectivity index (χ3n) is 2.01. The number of hydrogen-bond acceptors (Lipinski definition) is 5. The Balaban J connectivity index is 0.000000441. The summed E-state index contributed by atoms with van der Waals surface area (Å²) in [6.07, 6.45) is 3.04. The van der Waals surface area contributed by atoms with E-state index in [-0.39, 0.29) is 17.9 Å². The molecule has 0 amide bonds. The molecule has 0 heterocycles. The number of carboxylic acids is 2. The Bertz CT molecular complexity index is 484. The second-order valence-electron chi connectivity index (χ2n) is 3.71. The lowest BCUT2D eigenvalue weighted by atomic mass is 10.2. The van der Waals surface area contributed by atoms with Gasteiger partial charge in [-0.1, -0.05) is 6.07 Å². The Morgan fingerprint density at radius 2 is 1.80 bits per heavy atom. The van der Waals surface area contributed by atoms with Crippen LogP contribution in [0.15, 0.2) is 24.3 Å². The molecular formula is C13H17NO6. The number of benzene rings is 1. The fourth-order valence-electron chi connectivity index (χ4n) is 1.06. The van der Waals surface area contributed by atoms with Crippen LogP contribution in [0.5, 0.6) is 11.5 Å². The van der Waals surface area contributed by atoms with Crippen molar-refractivity contribution in [1.29, 1.82) is 0 Å². The van der Waals surface area contributed by atoms with Crippen molar-refractivity contribution in [2.24, 2.45) is 5.73 Å². The van der Waals surface area contributed by atoms with E-state index in [0.29, 0.717) is 18.5 Å². The number of phenols is 2. The molecule has 7 nitrogen and oxygen atoms in total. The highest BCUT2D eigenvalue weighted by molar-refractivity contribution is 5.85. The van der Waals surface area contributed by atoms with Gasteiger partial charge in [0.05, 0.1) is 0 Å². The molecule has 0 aliphatic heterocycles. The zero-order valence-corrected chi connectivity index (χ0v) is 10.7. The molecule has 0 bridgehead atoms. The van der Waals surface area contributed by atoms with Crippen molar-refractivity contribution < 1.29 is 30.0 Å². The molecule has 1 rings (SSSR count). The van der Waals surface area contributed by atoms with Crippen LogP contribution in [-0.2, 0) is 9.59 Å². The first kappa shape index (κ1) is 17.5. The molecular weight excluding hydrogens is 266 g/mol. The predicted octanol–water partition coefficient (Wildman–Crippen LogP) is 1.01.